The number of rotatable bonds is 6. The van der Waals surface area contributed by atoms with Crippen molar-refractivity contribution in [2.75, 3.05) is 13.2 Å². The van der Waals surface area contributed by atoms with Gasteiger partial charge in [0.25, 0.3) is 0 Å². The summed E-state index contributed by atoms with van der Waals surface area (Å²) in [5.74, 6) is -0.425. The Morgan fingerprint density at radius 3 is 2.48 bits per heavy atom. The lowest BCUT2D eigenvalue weighted by Crippen LogP contribution is -2.10. The Balaban J connectivity index is 1.83. The molecular formula is C19H18F3NO2. The molecule has 0 atom stereocenters. The zero-order valence-corrected chi connectivity index (χ0v) is 13.7. The second-order valence-electron chi connectivity index (χ2n) is 5.49. The first-order chi connectivity index (χ1) is 11.9. The predicted octanol–water partition coefficient (Wildman–Crippen LogP) is 4.57. The van der Waals surface area contributed by atoms with Crippen LogP contribution in [-0.2, 0) is 17.3 Å². The van der Waals surface area contributed by atoms with Crippen molar-refractivity contribution in [2.45, 2.75) is 19.5 Å². The molecule has 0 radical (unpaired) electrons. The summed E-state index contributed by atoms with van der Waals surface area (Å²) in [7, 11) is 0. The van der Waals surface area contributed by atoms with E-state index in [4.69, 9.17) is 4.74 Å². The molecule has 0 aliphatic heterocycles. The van der Waals surface area contributed by atoms with E-state index in [2.05, 4.69) is 4.99 Å². The van der Waals surface area contributed by atoms with Crippen molar-refractivity contribution in [1.82, 2.24) is 0 Å². The normalized spacial score (nSPS) is 12.1. The summed E-state index contributed by atoms with van der Waals surface area (Å²) >= 11 is 0. The first-order valence-electron chi connectivity index (χ1n) is 7.74. The van der Waals surface area contributed by atoms with E-state index in [9.17, 15) is 18.0 Å². The van der Waals surface area contributed by atoms with Gasteiger partial charge in [-0.1, -0.05) is 36.4 Å². The molecule has 0 saturated carbocycles. The summed E-state index contributed by atoms with van der Waals surface area (Å²) in [6.45, 7) is 2.12. The van der Waals surface area contributed by atoms with E-state index in [1.807, 2.05) is 0 Å². The van der Waals surface area contributed by atoms with E-state index in [-0.39, 0.29) is 13.2 Å². The number of ether oxygens (including phenoxy) is 1. The molecule has 0 aliphatic rings. The Hall–Kier alpha value is -2.63. The largest absolute Gasteiger partial charge is 0.460 e. The number of hydrogen-bond acceptors (Lipinski definition) is 3. The van der Waals surface area contributed by atoms with Gasteiger partial charge in [-0.3, -0.25) is 4.99 Å². The Morgan fingerprint density at radius 2 is 1.80 bits per heavy atom. The monoisotopic (exact) mass is 349 g/mol. The molecule has 0 unspecified atom stereocenters. The van der Waals surface area contributed by atoms with Gasteiger partial charge in [-0.05, 0) is 30.7 Å². The maximum Gasteiger partial charge on any atom is 0.416 e. The van der Waals surface area contributed by atoms with Crippen LogP contribution in [0.25, 0.3) is 0 Å². The summed E-state index contributed by atoms with van der Waals surface area (Å²) in [4.78, 5) is 16.0. The summed E-state index contributed by atoms with van der Waals surface area (Å²) in [6, 6.07) is 13.8. The van der Waals surface area contributed by atoms with Crippen molar-refractivity contribution in [3.05, 3.63) is 71.3 Å². The Bertz CT molecular complexity index is 740. The van der Waals surface area contributed by atoms with Gasteiger partial charge in [-0.2, -0.15) is 13.2 Å². The summed E-state index contributed by atoms with van der Waals surface area (Å²) < 4.78 is 43.2. The lowest BCUT2D eigenvalue weighted by molar-refractivity contribution is -0.137. The van der Waals surface area contributed by atoms with Crippen LogP contribution in [0.3, 0.4) is 0 Å². The van der Waals surface area contributed by atoms with Gasteiger partial charge in [-0.15, -0.1) is 0 Å². The molecule has 0 bridgehead atoms. The standard InChI is InChI=1S/C19H18F3NO2/c1-14(12-15-6-5-9-17(13-15)19(20,21)22)23-10-11-25-18(24)16-7-3-2-4-8-16/h2-9,13H,10-12H2,1H3. The van der Waals surface area contributed by atoms with Gasteiger partial charge in [0.1, 0.15) is 6.61 Å². The average Bonchev–Trinajstić information content (AvgIpc) is 2.59. The Kier molecular flexibility index (Phi) is 6.33. The molecule has 0 aromatic heterocycles. The Labute approximate surface area is 144 Å². The maximum atomic E-state index is 12.7. The number of halogens is 3. The lowest BCUT2D eigenvalue weighted by Gasteiger charge is -2.09. The molecule has 0 spiro atoms. The highest BCUT2D eigenvalue weighted by Gasteiger charge is 2.30. The highest BCUT2D eigenvalue weighted by atomic mass is 19.4. The molecule has 2 aromatic rings. The summed E-state index contributed by atoms with van der Waals surface area (Å²) in [5, 5.41) is 0. The summed E-state index contributed by atoms with van der Waals surface area (Å²) in [6.07, 6.45) is -4.04. The Morgan fingerprint density at radius 1 is 1.08 bits per heavy atom. The van der Waals surface area contributed by atoms with E-state index < -0.39 is 17.7 Å². The number of nitrogens with zero attached hydrogens (tertiary/aromatic N) is 1. The van der Waals surface area contributed by atoms with E-state index in [1.165, 1.54) is 6.07 Å². The quantitative estimate of drug-likeness (QED) is 0.435. The molecule has 2 aromatic carbocycles. The molecule has 0 heterocycles. The minimum atomic E-state index is -4.35. The fraction of sp³-hybridized carbons (Fsp3) is 0.263. The van der Waals surface area contributed by atoms with Gasteiger partial charge in [-0.25, -0.2) is 4.79 Å². The number of carbonyl (C=O) groups excluding carboxylic acids is 1. The van der Waals surface area contributed by atoms with Crippen LogP contribution in [0.1, 0.15) is 28.4 Å². The van der Waals surface area contributed by atoms with Gasteiger partial charge < -0.3 is 4.74 Å². The maximum absolute atomic E-state index is 12.7. The molecule has 0 fully saturated rings. The number of alkyl halides is 3. The minimum absolute atomic E-state index is 0.119. The molecule has 0 N–H and O–H groups in total. The highest BCUT2D eigenvalue weighted by molar-refractivity contribution is 5.89. The number of aliphatic imine (C=N–C) groups is 1. The molecule has 0 amide bonds. The molecule has 2 rings (SSSR count). The SMILES string of the molecule is CC(Cc1cccc(C(F)(F)F)c1)=NCCOC(=O)c1ccccc1. The van der Waals surface area contributed by atoms with Crippen LogP contribution >= 0.6 is 0 Å². The highest BCUT2D eigenvalue weighted by Crippen LogP contribution is 2.29. The number of benzene rings is 2. The molecular weight excluding hydrogens is 331 g/mol. The number of esters is 1. The molecule has 25 heavy (non-hydrogen) atoms. The van der Waals surface area contributed by atoms with E-state index in [1.54, 1.807) is 43.3 Å². The van der Waals surface area contributed by atoms with Crippen LogP contribution in [-0.4, -0.2) is 24.8 Å². The summed E-state index contributed by atoms with van der Waals surface area (Å²) in [5.41, 5.74) is 1.01. The van der Waals surface area contributed by atoms with Crippen LogP contribution in [0.5, 0.6) is 0 Å². The minimum Gasteiger partial charge on any atom is -0.460 e. The fourth-order valence-corrected chi connectivity index (χ4v) is 2.24. The van der Waals surface area contributed by atoms with Gasteiger partial charge in [0.2, 0.25) is 0 Å². The van der Waals surface area contributed by atoms with Crippen molar-refractivity contribution in [2.24, 2.45) is 4.99 Å². The second-order valence-corrected chi connectivity index (χ2v) is 5.49. The third kappa shape index (κ3) is 6.06. The van der Waals surface area contributed by atoms with Gasteiger partial charge in [0.15, 0.2) is 0 Å². The molecule has 6 heteroatoms. The first kappa shape index (κ1) is 18.7. The third-order valence-corrected chi connectivity index (χ3v) is 3.43. The topological polar surface area (TPSA) is 38.7 Å². The van der Waals surface area contributed by atoms with E-state index in [0.717, 1.165) is 12.1 Å². The van der Waals surface area contributed by atoms with Crippen LogP contribution in [0.4, 0.5) is 13.2 Å². The van der Waals surface area contributed by atoms with Crippen LogP contribution in [0.15, 0.2) is 59.6 Å². The van der Waals surface area contributed by atoms with Crippen LogP contribution in [0, 0.1) is 0 Å². The molecule has 0 saturated heterocycles. The molecule has 0 aliphatic carbocycles. The zero-order valence-electron chi connectivity index (χ0n) is 13.7. The van der Waals surface area contributed by atoms with Crippen molar-refractivity contribution in [3.63, 3.8) is 0 Å². The third-order valence-electron chi connectivity index (χ3n) is 3.43. The predicted molar refractivity (Wildman–Crippen MR) is 89.8 cm³/mol. The van der Waals surface area contributed by atoms with E-state index in [0.29, 0.717) is 23.3 Å². The number of carbonyl (C=O) groups is 1. The second kappa shape index (κ2) is 8.46. The van der Waals surface area contributed by atoms with Gasteiger partial charge >= 0.3 is 12.1 Å². The van der Waals surface area contributed by atoms with E-state index >= 15 is 0 Å². The fourth-order valence-electron chi connectivity index (χ4n) is 2.24. The average molecular weight is 349 g/mol. The zero-order chi connectivity index (χ0) is 18.3. The van der Waals surface area contributed by atoms with Crippen molar-refractivity contribution < 1.29 is 22.7 Å². The lowest BCUT2D eigenvalue weighted by atomic mass is 10.1. The smallest absolute Gasteiger partial charge is 0.416 e. The van der Waals surface area contributed by atoms with Crippen molar-refractivity contribution >= 4 is 11.7 Å². The molecule has 132 valence electrons. The van der Waals surface area contributed by atoms with Crippen LogP contribution in [0.2, 0.25) is 0 Å². The van der Waals surface area contributed by atoms with Crippen molar-refractivity contribution in [3.8, 4) is 0 Å². The van der Waals surface area contributed by atoms with Gasteiger partial charge in [0, 0.05) is 12.1 Å². The molecule has 3 nitrogen and oxygen atoms in total. The van der Waals surface area contributed by atoms with Crippen LogP contribution < -0.4 is 0 Å². The number of hydrogen-bond donors (Lipinski definition) is 0. The van der Waals surface area contributed by atoms with Gasteiger partial charge in [0.05, 0.1) is 17.7 Å². The first-order valence-corrected chi connectivity index (χ1v) is 7.74. The van der Waals surface area contributed by atoms with Crippen molar-refractivity contribution in [1.29, 1.82) is 0 Å².